The van der Waals surface area contributed by atoms with Gasteiger partial charge >= 0.3 is 0 Å². The average Bonchev–Trinajstić information content (AvgIpc) is 2.45. The van der Waals surface area contributed by atoms with Gasteiger partial charge in [-0.3, -0.25) is 0 Å². The third kappa shape index (κ3) is 1.65. The summed E-state index contributed by atoms with van der Waals surface area (Å²) in [5, 5.41) is 10.7. The zero-order chi connectivity index (χ0) is 11.1. The Morgan fingerprint density at radius 3 is 2.53 bits per heavy atom. The van der Waals surface area contributed by atoms with Crippen LogP contribution in [-0.4, -0.2) is 22.7 Å². The van der Waals surface area contributed by atoms with Crippen molar-refractivity contribution in [3.05, 3.63) is 30.3 Å². The lowest BCUT2D eigenvalue weighted by Gasteiger charge is -2.25. The summed E-state index contributed by atoms with van der Waals surface area (Å²) in [6.45, 7) is 1.67. The second-order valence-electron chi connectivity index (χ2n) is 4.41. The van der Waals surface area contributed by atoms with Crippen molar-refractivity contribution >= 4 is 12.4 Å². The molecule has 1 heterocycles. The molecule has 0 aromatic heterocycles. The second kappa shape index (κ2) is 3.44. The first-order valence-electron chi connectivity index (χ1n) is 5.09. The highest BCUT2D eigenvalue weighted by Gasteiger charge is 2.49. The van der Waals surface area contributed by atoms with Crippen molar-refractivity contribution in [2.24, 2.45) is 5.73 Å². The Balaban J connectivity index is 2.42. The van der Waals surface area contributed by atoms with E-state index in [1.54, 1.807) is 6.92 Å². The molecule has 0 spiro atoms. The lowest BCUT2D eigenvalue weighted by molar-refractivity contribution is 0.0622. The molecule has 4 heteroatoms. The minimum Gasteiger partial charge on any atom is -0.388 e. The molecule has 15 heavy (non-hydrogen) atoms. The molecule has 1 aromatic rings. The van der Waals surface area contributed by atoms with Gasteiger partial charge in [-0.15, -0.1) is 0 Å². The zero-order valence-electron chi connectivity index (χ0n) is 8.76. The van der Waals surface area contributed by atoms with Gasteiger partial charge in [-0.25, -0.2) is 0 Å². The average molecular weight is 225 g/mol. The summed E-state index contributed by atoms with van der Waals surface area (Å²) in [6.07, 6.45) is 1.02. The molecule has 2 rings (SSSR count). The van der Waals surface area contributed by atoms with Crippen molar-refractivity contribution in [1.29, 1.82) is 0 Å². The van der Waals surface area contributed by atoms with Crippen LogP contribution in [0.2, 0.25) is 0 Å². The van der Waals surface area contributed by atoms with Gasteiger partial charge in [-0.05, 0) is 13.3 Å². The minimum atomic E-state index is -2.61. The largest absolute Gasteiger partial charge is 0.388 e. The van der Waals surface area contributed by atoms with E-state index in [9.17, 15) is 9.67 Å². The van der Waals surface area contributed by atoms with Crippen LogP contribution in [0.4, 0.5) is 0 Å². The van der Waals surface area contributed by atoms with Crippen LogP contribution in [0.5, 0.6) is 0 Å². The van der Waals surface area contributed by atoms with Gasteiger partial charge in [0.25, 0.3) is 0 Å². The molecule has 1 aliphatic rings. The quantitative estimate of drug-likeness (QED) is 0.704. The van der Waals surface area contributed by atoms with E-state index in [-0.39, 0.29) is 0 Å². The van der Waals surface area contributed by atoms with Crippen molar-refractivity contribution < 1.29 is 9.67 Å². The van der Waals surface area contributed by atoms with Crippen molar-refractivity contribution in [3.8, 4) is 0 Å². The Hall–Kier alpha value is -0.630. The van der Waals surface area contributed by atoms with Crippen molar-refractivity contribution in [2.75, 3.05) is 6.16 Å². The molecule has 0 unspecified atom stereocenters. The number of nitrogens with two attached hydrogens (primary N) is 1. The summed E-state index contributed by atoms with van der Waals surface area (Å²) in [6, 6.07) is 9.27. The van der Waals surface area contributed by atoms with E-state index in [1.807, 2.05) is 30.3 Å². The Labute approximate surface area is 89.7 Å². The minimum absolute atomic E-state index is 0.505. The van der Waals surface area contributed by atoms with Crippen LogP contribution >= 0.6 is 7.14 Å². The van der Waals surface area contributed by atoms with Crippen LogP contribution in [0, 0.1) is 0 Å². The Morgan fingerprint density at radius 2 is 2.07 bits per heavy atom. The van der Waals surface area contributed by atoms with Crippen LogP contribution in [0.15, 0.2) is 30.3 Å². The van der Waals surface area contributed by atoms with Gasteiger partial charge in [0.1, 0.15) is 7.14 Å². The highest BCUT2D eigenvalue weighted by atomic mass is 31.2. The molecule has 1 saturated heterocycles. The van der Waals surface area contributed by atoms with Gasteiger partial charge in [-0.2, -0.15) is 0 Å². The monoisotopic (exact) mass is 225 g/mol. The van der Waals surface area contributed by atoms with Crippen molar-refractivity contribution in [2.45, 2.75) is 24.7 Å². The van der Waals surface area contributed by atoms with E-state index in [0.717, 1.165) is 5.30 Å². The van der Waals surface area contributed by atoms with E-state index in [0.29, 0.717) is 12.6 Å². The number of aliphatic hydroxyl groups is 1. The van der Waals surface area contributed by atoms with Gasteiger partial charge in [0, 0.05) is 11.5 Å². The summed E-state index contributed by atoms with van der Waals surface area (Å²) in [7, 11) is -2.61. The van der Waals surface area contributed by atoms with E-state index in [2.05, 4.69) is 0 Å². The summed E-state index contributed by atoms with van der Waals surface area (Å²) in [4.78, 5) is 0. The Morgan fingerprint density at radius 1 is 1.47 bits per heavy atom. The first-order valence-corrected chi connectivity index (χ1v) is 7.05. The molecule has 0 radical (unpaired) electrons. The summed E-state index contributed by atoms with van der Waals surface area (Å²) >= 11 is 0. The third-order valence-corrected chi connectivity index (χ3v) is 6.75. The standard InChI is InChI=1S/C11H16NO2P/c1-11(13)7-8-15(14,10(11)12)9-5-3-2-4-6-9/h2-6,10,13H,7-8,12H2,1H3/t10-,11-,15+/m1/s1. The maximum Gasteiger partial charge on any atom is 0.134 e. The van der Waals surface area contributed by atoms with Gasteiger partial charge in [0.2, 0.25) is 0 Å². The topological polar surface area (TPSA) is 63.3 Å². The first kappa shape index (κ1) is 10.9. The molecule has 1 fully saturated rings. The third-order valence-electron chi connectivity index (χ3n) is 3.23. The Bertz CT molecular complexity index is 402. The fraction of sp³-hybridized carbons (Fsp3) is 0.455. The predicted molar refractivity (Wildman–Crippen MR) is 61.8 cm³/mol. The number of hydrogen-bond acceptors (Lipinski definition) is 3. The molecule has 0 bridgehead atoms. The molecule has 1 aliphatic heterocycles. The molecule has 3 nitrogen and oxygen atoms in total. The van der Waals surface area contributed by atoms with Crippen molar-refractivity contribution in [3.63, 3.8) is 0 Å². The Kier molecular flexibility index (Phi) is 2.50. The smallest absolute Gasteiger partial charge is 0.134 e. The normalized spacial score (nSPS) is 40.6. The summed E-state index contributed by atoms with van der Waals surface area (Å²) in [5.74, 6) is -0.632. The summed E-state index contributed by atoms with van der Waals surface area (Å²) in [5.41, 5.74) is 4.92. The second-order valence-corrected chi connectivity index (χ2v) is 7.52. The fourth-order valence-electron chi connectivity index (χ4n) is 2.10. The van der Waals surface area contributed by atoms with Crippen LogP contribution in [0.1, 0.15) is 13.3 Å². The van der Waals surface area contributed by atoms with Crippen LogP contribution in [0.3, 0.4) is 0 Å². The van der Waals surface area contributed by atoms with E-state index in [4.69, 9.17) is 5.73 Å². The molecule has 3 N–H and O–H groups in total. The zero-order valence-corrected chi connectivity index (χ0v) is 9.65. The maximum atomic E-state index is 12.7. The number of hydrogen-bond donors (Lipinski definition) is 2. The molecule has 1 aromatic carbocycles. The van der Waals surface area contributed by atoms with Gasteiger partial charge in [0.15, 0.2) is 0 Å². The van der Waals surface area contributed by atoms with Crippen molar-refractivity contribution in [1.82, 2.24) is 0 Å². The lowest BCUT2D eigenvalue weighted by atomic mass is 10.1. The van der Waals surface area contributed by atoms with Gasteiger partial charge in [0.05, 0.1) is 11.4 Å². The highest BCUT2D eigenvalue weighted by molar-refractivity contribution is 7.72. The number of benzene rings is 1. The fourth-order valence-corrected chi connectivity index (χ4v) is 5.45. The van der Waals surface area contributed by atoms with E-state index >= 15 is 0 Å². The highest BCUT2D eigenvalue weighted by Crippen LogP contribution is 2.58. The molecule has 82 valence electrons. The molecule has 0 saturated carbocycles. The molecular formula is C11H16NO2P. The molecule has 0 aliphatic carbocycles. The van der Waals surface area contributed by atoms with E-state index in [1.165, 1.54) is 0 Å². The predicted octanol–water partition coefficient (Wildman–Crippen LogP) is 1.11. The van der Waals surface area contributed by atoms with Crippen LogP contribution in [0.25, 0.3) is 0 Å². The van der Waals surface area contributed by atoms with Gasteiger partial charge < -0.3 is 15.4 Å². The first-order chi connectivity index (χ1) is 6.97. The van der Waals surface area contributed by atoms with Crippen LogP contribution in [-0.2, 0) is 4.57 Å². The maximum absolute atomic E-state index is 12.7. The van der Waals surface area contributed by atoms with Gasteiger partial charge in [-0.1, -0.05) is 30.3 Å². The lowest BCUT2D eigenvalue weighted by Crippen LogP contribution is -2.41. The molecule has 0 amide bonds. The molecular weight excluding hydrogens is 209 g/mol. The molecule has 3 atom stereocenters. The summed E-state index contributed by atoms with van der Waals surface area (Å²) < 4.78 is 12.7. The SMILES string of the molecule is C[C@@]1(O)CC[P@](=O)(c2ccccc2)[C@H]1N. The van der Waals surface area contributed by atoms with Crippen LogP contribution < -0.4 is 11.0 Å². The number of rotatable bonds is 1. The van der Waals surface area contributed by atoms with E-state index < -0.39 is 18.5 Å².